The van der Waals surface area contributed by atoms with E-state index in [-0.39, 0.29) is 29.6 Å². The van der Waals surface area contributed by atoms with E-state index in [1.807, 2.05) is 34.1 Å². The molecule has 6 rings (SSSR count). The smallest absolute Gasteiger partial charge is 0.416 e. The largest absolute Gasteiger partial charge is 0.481 e. The first-order valence-corrected chi connectivity index (χ1v) is 16.9. The third-order valence-corrected chi connectivity index (χ3v) is 11.1. The van der Waals surface area contributed by atoms with Gasteiger partial charge in [0.2, 0.25) is 5.91 Å². The van der Waals surface area contributed by atoms with Gasteiger partial charge in [-0.05, 0) is 61.1 Å². The van der Waals surface area contributed by atoms with E-state index >= 15 is 0 Å². The van der Waals surface area contributed by atoms with Crippen LogP contribution < -0.4 is 4.90 Å². The Labute approximate surface area is 273 Å². The number of aliphatic carboxylic acids is 1. The molecule has 1 aliphatic carbocycles. The Kier molecular flexibility index (Phi) is 9.88. The molecule has 4 aliphatic rings. The van der Waals surface area contributed by atoms with Crippen LogP contribution in [0.2, 0.25) is 5.02 Å². The lowest BCUT2D eigenvalue weighted by atomic mass is 9.86. The number of carboxylic acid groups (broad SMARTS) is 1. The topological polar surface area (TPSA) is 73.3 Å². The minimum absolute atomic E-state index is 0.0300. The third kappa shape index (κ3) is 6.90. The Morgan fingerprint density at radius 1 is 0.935 bits per heavy atom. The number of halogens is 4. The van der Waals surface area contributed by atoms with Gasteiger partial charge in [0.1, 0.15) is 0 Å². The fourth-order valence-electron chi connectivity index (χ4n) is 8.40. The summed E-state index contributed by atoms with van der Waals surface area (Å²) in [6, 6.07) is 12.2. The van der Waals surface area contributed by atoms with Gasteiger partial charge in [-0.2, -0.15) is 13.2 Å². The van der Waals surface area contributed by atoms with Crippen molar-refractivity contribution in [1.29, 1.82) is 0 Å². The number of alkyl halides is 3. The molecule has 1 saturated carbocycles. The Balaban J connectivity index is 1.28. The normalized spacial score (nSPS) is 26.7. The average Bonchev–Trinajstić information content (AvgIpc) is 3.81. The molecular weight excluding hydrogens is 619 g/mol. The van der Waals surface area contributed by atoms with Crippen molar-refractivity contribution < 1.29 is 32.6 Å². The summed E-state index contributed by atoms with van der Waals surface area (Å²) in [5.41, 5.74) is 1.60. The van der Waals surface area contributed by atoms with Crippen molar-refractivity contribution in [2.24, 2.45) is 17.8 Å². The number of carbonyl (C=O) groups excluding carboxylic acids is 1. The number of hydrogen-bond donors (Lipinski definition) is 1. The van der Waals surface area contributed by atoms with Gasteiger partial charge < -0.3 is 19.6 Å². The summed E-state index contributed by atoms with van der Waals surface area (Å²) in [6.07, 6.45) is 0.941. The number of anilines is 1. The van der Waals surface area contributed by atoms with Crippen molar-refractivity contribution in [1.82, 2.24) is 9.80 Å². The van der Waals surface area contributed by atoms with Crippen LogP contribution in [-0.2, 0) is 20.5 Å². The molecule has 1 amide bonds. The summed E-state index contributed by atoms with van der Waals surface area (Å²) in [6.45, 7) is 3.45. The van der Waals surface area contributed by atoms with Gasteiger partial charge in [0.05, 0.1) is 24.0 Å². The monoisotopic (exact) mass is 661 g/mol. The van der Waals surface area contributed by atoms with Crippen LogP contribution in [0.4, 0.5) is 18.9 Å². The Hall–Kier alpha value is -2.82. The number of amides is 1. The lowest BCUT2D eigenvalue weighted by Gasteiger charge is -2.35. The summed E-state index contributed by atoms with van der Waals surface area (Å²) in [5, 5.41) is 10.1. The zero-order valence-electron chi connectivity index (χ0n) is 26.2. The van der Waals surface area contributed by atoms with Crippen LogP contribution in [0.25, 0.3) is 0 Å². The highest BCUT2D eigenvalue weighted by Gasteiger charge is 2.46. The van der Waals surface area contributed by atoms with Crippen LogP contribution in [0.3, 0.4) is 0 Å². The molecule has 0 spiro atoms. The predicted molar refractivity (Wildman–Crippen MR) is 170 cm³/mol. The van der Waals surface area contributed by atoms with E-state index < -0.39 is 23.6 Å². The first-order chi connectivity index (χ1) is 22.0. The van der Waals surface area contributed by atoms with Crippen molar-refractivity contribution in [3.8, 4) is 0 Å². The highest BCUT2D eigenvalue weighted by molar-refractivity contribution is 6.30. The van der Waals surface area contributed by atoms with Crippen molar-refractivity contribution in [2.75, 3.05) is 57.9 Å². The van der Waals surface area contributed by atoms with Gasteiger partial charge in [-0.1, -0.05) is 42.6 Å². The summed E-state index contributed by atoms with van der Waals surface area (Å²) >= 11 is 6.21. The van der Waals surface area contributed by atoms with E-state index in [9.17, 15) is 27.9 Å². The van der Waals surface area contributed by atoms with Gasteiger partial charge in [-0.25, -0.2) is 0 Å². The second-order valence-corrected chi connectivity index (χ2v) is 14.0. The molecule has 7 nitrogen and oxygen atoms in total. The van der Waals surface area contributed by atoms with Crippen LogP contribution in [0.5, 0.6) is 0 Å². The van der Waals surface area contributed by atoms with E-state index in [1.165, 1.54) is 18.9 Å². The fourth-order valence-corrected chi connectivity index (χ4v) is 8.52. The maximum Gasteiger partial charge on any atom is 0.416 e. The number of benzene rings is 2. The van der Waals surface area contributed by atoms with E-state index in [0.29, 0.717) is 68.9 Å². The third-order valence-electron chi connectivity index (χ3n) is 10.9. The van der Waals surface area contributed by atoms with Crippen LogP contribution >= 0.6 is 11.6 Å². The second kappa shape index (κ2) is 13.7. The molecule has 250 valence electrons. The number of nitrogens with zero attached hydrogens (tertiary/aromatic N) is 3. The molecule has 0 radical (unpaired) electrons. The minimum Gasteiger partial charge on any atom is -0.481 e. The van der Waals surface area contributed by atoms with Crippen LogP contribution in [0.1, 0.15) is 67.1 Å². The number of carbonyl (C=O) groups is 2. The molecule has 4 fully saturated rings. The average molecular weight is 662 g/mol. The molecule has 11 heteroatoms. The zero-order valence-corrected chi connectivity index (χ0v) is 27.0. The molecule has 2 aromatic rings. The zero-order chi connectivity index (χ0) is 32.6. The standard InChI is InChI=1S/C35H43ClF3N3O4/c1-46-21-24-17-42(33(43)31-20-41(27-4-2-3-5-27)18-29(31)22-6-9-26(36)10-7-22)19-30(24)28-11-8-25(35(37,38)39)16-32(28)40-14-12-23(13-15-40)34(44)45/h6-11,16,23-24,27,29-31H,2-5,12-15,17-21H2,1H3,(H,44,45)/t24-,29+,30+,31-/m1/s1. The van der Waals surface area contributed by atoms with Crippen molar-refractivity contribution in [3.05, 3.63) is 64.2 Å². The van der Waals surface area contributed by atoms with Crippen LogP contribution in [-0.4, -0.2) is 85.8 Å². The number of hydrogen-bond acceptors (Lipinski definition) is 5. The molecule has 0 bridgehead atoms. The highest BCUT2D eigenvalue weighted by atomic mass is 35.5. The lowest BCUT2D eigenvalue weighted by Crippen LogP contribution is -2.39. The minimum atomic E-state index is -4.51. The quantitative estimate of drug-likeness (QED) is 0.348. The fraction of sp³-hybridized carbons (Fsp3) is 0.600. The maximum atomic E-state index is 14.5. The van der Waals surface area contributed by atoms with Crippen molar-refractivity contribution in [2.45, 2.75) is 62.6 Å². The maximum absolute atomic E-state index is 14.5. The van der Waals surface area contributed by atoms with Gasteiger partial charge in [-0.15, -0.1) is 0 Å². The Morgan fingerprint density at radius 3 is 2.26 bits per heavy atom. The predicted octanol–water partition coefficient (Wildman–Crippen LogP) is 6.51. The Morgan fingerprint density at radius 2 is 1.63 bits per heavy atom. The molecule has 4 atom stereocenters. The summed E-state index contributed by atoms with van der Waals surface area (Å²) in [7, 11) is 1.61. The van der Waals surface area contributed by atoms with Crippen LogP contribution in [0.15, 0.2) is 42.5 Å². The molecular formula is C35H43ClF3N3O4. The van der Waals surface area contributed by atoms with Gasteiger partial charge >= 0.3 is 12.1 Å². The van der Waals surface area contributed by atoms with Crippen molar-refractivity contribution >= 4 is 29.2 Å². The highest BCUT2D eigenvalue weighted by Crippen LogP contribution is 2.44. The van der Waals surface area contributed by atoms with Crippen molar-refractivity contribution in [3.63, 3.8) is 0 Å². The molecule has 3 saturated heterocycles. The number of rotatable bonds is 8. The number of ether oxygens (including phenoxy) is 1. The molecule has 46 heavy (non-hydrogen) atoms. The van der Waals surface area contributed by atoms with Gasteiger partial charge in [-0.3, -0.25) is 14.5 Å². The van der Waals surface area contributed by atoms with E-state index in [0.717, 1.165) is 36.6 Å². The first-order valence-electron chi connectivity index (χ1n) is 16.5. The number of carboxylic acids is 1. The van der Waals surface area contributed by atoms with Crippen LogP contribution in [0, 0.1) is 17.8 Å². The van der Waals surface area contributed by atoms with Gasteiger partial charge in [0.25, 0.3) is 0 Å². The summed E-state index contributed by atoms with van der Waals surface area (Å²) in [5.74, 6) is -1.81. The van der Waals surface area contributed by atoms with E-state index in [2.05, 4.69) is 4.90 Å². The van der Waals surface area contributed by atoms with E-state index in [4.69, 9.17) is 16.3 Å². The van der Waals surface area contributed by atoms with Gasteiger partial charge in [0.15, 0.2) is 0 Å². The molecule has 2 aromatic carbocycles. The summed E-state index contributed by atoms with van der Waals surface area (Å²) < 4.78 is 47.3. The van der Waals surface area contributed by atoms with Gasteiger partial charge in [0, 0.05) is 80.9 Å². The lowest BCUT2D eigenvalue weighted by molar-refractivity contribution is -0.142. The second-order valence-electron chi connectivity index (χ2n) is 13.6. The number of methoxy groups -OCH3 is 1. The molecule has 3 aliphatic heterocycles. The molecule has 3 heterocycles. The van der Waals surface area contributed by atoms with E-state index in [1.54, 1.807) is 13.2 Å². The molecule has 0 aromatic heterocycles. The SMILES string of the molecule is COC[C@H]1CN(C(=O)[C@@H]2CN(C3CCCC3)C[C@H]2c2ccc(Cl)cc2)C[C@@H]1c1ccc(C(F)(F)F)cc1N1CCC(C(=O)O)CC1. The molecule has 0 unspecified atom stereocenters. The number of piperidine rings is 1. The summed E-state index contributed by atoms with van der Waals surface area (Å²) in [4.78, 5) is 32.4. The molecule has 1 N–H and O–H groups in total. The number of likely N-dealkylation sites (tertiary alicyclic amines) is 2. The first kappa shape index (κ1) is 33.1. The Bertz CT molecular complexity index is 1390.